The fourth-order valence-electron chi connectivity index (χ4n) is 2.84. The molecule has 8 nitrogen and oxygen atoms in total. The van der Waals surface area contributed by atoms with Crippen LogP contribution in [0.1, 0.15) is 29.1 Å². The van der Waals surface area contributed by atoms with E-state index in [0.29, 0.717) is 5.00 Å². The third kappa shape index (κ3) is 5.02. The minimum atomic E-state index is -4.62. The first-order valence-electron chi connectivity index (χ1n) is 8.86. The molecule has 0 spiro atoms. The molecule has 1 aromatic heterocycles. The summed E-state index contributed by atoms with van der Waals surface area (Å²) in [5, 5.41) is 5.24. The molecule has 0 fully saturated rings. The highest BCUT2D eigenvalue weighted by Gasteiger charge is 2.35. The van der Waals surface area contributed by atoms with Crippen LogP contribution in [0, 0.1) is 0 Å². The minimum absolute atomic E-state index is 0.0598. The van der Waals surface area contributed by atoms with Crippen molar-refractivity contribution in [2.45, 2.75) is 26.1 Å². The predicted octanol–water partition coefficient (Wildman–Crippen LogP) is 3.26. The van der Waals surface area contributed by atoms with E-state index in [1.165, 1.54) is 26.0 Å². The number of benzene rings is 1. The lowest BCUT2D eigenvalue weighted by Crippen LogP contribution is -2.47. The number of carbonyl (C=O) groups excluding carboxylic acids is 4. The van der Waals surface area contributed by atoms with Crippen molar-refractivity contribution in [3.8, 4) is 0 Å². The summed E-state index contributed by atoms with van der Waals surface area (Å²) in [7, 11) is 0. The first-order valence-corrected chi connectivity index (χ1v) is 9.68. The third-order valence-corrected chi connectivity index (χ3v) is 5.18. The molecule has 3 amide bonds. The highest BCUT2D eigenvalue weighted by molar-refractivity contribution is 7.18. The normalized spacial score (nSPS) is 14.4. The Morgan fingerprint density at radius 3 is 2.58 bits per heavy atom. The summed E-state index contributed by atoms with van der Waals surface area (Å²) in [6, 6.07) is 5.51. The van der Waals surface area contributed by atoms with Gasteiger partial charge in [0, 0.05) is 6.92 Å². The van der Waals surface area contributed by atoms with Crippen molar-refractivity contribution in [1.82, 2.24) is 0 Å². The average molecular weight is 455 g/mol. The lowest BCUT2D eigenvalue weighted by Gasteiger charge is -2.31. The number of esters is 1. The second kappa shape index (κ2) is 8.38. The SMILES string of the molecule is CC(=O)Nc1ccc(C(=O)O[C@H](C)C(=O)N2CC(=O)Nc3cc(C(F)(F)F)ccc32)s1. The number of thiophene rings is 1. The third-order valence-electron chi connectivity index (χ3n) is 4.19. The number of nitrogens with zero attached hydrogens (tertiary/aromatic N) is 1. The molecular weight excluding hydrogens is 439 g/mol. The topological polar surface area (TPSA) is 105 Å². The van der Waals surface area contributed by atoms with Gasteiger partial charge in [0.15, 0.2) is 6.10 Å². The van der Waals surface area contributed by atoms with Gasteiger partial charge in [0.05, 0.1) is 21.9 Å². The van der Waals surface area contributed by atoms with E-state index in [0.717, 1.165) is 34.4 Å². The van der Waals surface area contributed by atoms with Gasteiger partial charge in [-0.25, -0.2) is 4.79 Å². The predicted molar refractivity (Wildman–Crippen MR) is 106 cm³/mol. The minimum Gasteiger partial charge on any atom is -0.448 e. The largest absolute Gasteiger partial charge is 0.448 e. The van der Waals surface area contributed by atoms with Crippen molar-refractivity contribution in [2.24, 2.45) is 0 Å². The Labute approximate surface area is 178 Å². The van der Waals surface area contributed by atoms with Gasteiger partial charge < -0.3 is 15.4 Å². The van der Waals surface area contributed by atoms with Gasteiger partial charge in [-0.3, -0.25) is 19.3 Å². The maximum atomic E-state index is 12.9. The zero-order chi connectivity index (χ0) is 22.9. The van der Waals surface area contributed by atoms with E-state index < -0.39 is 42.2 Å². The van der Waals surface area contributed by atoms with Crippen LogP contribution in [0.3, 0.4) is 0 Å². The number of amides is 3. The van der Waals surface area contributed by atoms with E-state index in [4.69, 9.17) is 4.74 Å². The van der Waals surface area contributed by atoms with Crippen LogP contribution in [0.2, 0.25) is 0 Å². The molecule has 0 aliphatic carbocycles. The summed E-state index contributed by atoms with van der Waals surface area (Å²) in [6.07, 6.45) is -5.94. The van der Waals surface area contributed by atoms with Crippen molar-refractivity contribution in [1.29, 1.82) is 0 Å². The molecule has 1 aromatic carbocycles. The maximum absolute atomic E-state index is 12.9. The molecule has 2 N–H and O–H groups in total. The van der Waals surface area contributed by atoms with Crippen LogP contribution >= 0.6 is 11.3 Å². The molecule has 31 heavy (non-hydrogen) atoms. The number of anilines is 3. The van der Waals surface area contributed by atoms with Crippen LogP contribution < -0.4 is 15.5 Å². The van der Waals surface area contributed by atoms with Gasteiger partial charge in [0.1, 0.15) is 11.4 Å². The Bertz CT molecular complexity index is 1070. The van der Waals surface area contributed by atoms with E-state index in [2.05, 4.69) is 10.6 Å². The number of fused-ring (bicyclic) bond motifs is 1. The number of halogens is 3. The molecule has 2 heterocycles. The molecule has 0 radical (unpaired) electrons. The molecule has 1 aliphatic rings. The first-order chi connectivity index (χ1) is 14.5. The number of hydrogen-bond acceptors (Lipinski definition) is 6. The van der Waals surface area contributed by atoms with E-state index in [-0.39, 0.29) is 22.2 Å². The smallest absolute Gasteiger partial charge is 0.416 e. The number of nitrogens with one attached hydrogen (secondary N) is 2. The summed E-state index contributed by atoms with van der Waals surface area (Å²) in [5.74, 6) is -2.60. The van der Waals surface area contributed by atoms with Gasteiger partial charge in [-0.05, 0) is 37.3 Å². The van der Waals surface area contributed by atoms with Gasteiger partial charge in [0.25, 0.3) is 5.91 Å². The van der Waals surface area contributed by atoms with Crippen molar-refractivity contribution < 1.29 is 37.1 Å². The Balaban J connectivity index is 1.76. The zero-order valence-corrected chi connectivity index (χ0v) is 17.0. The van der Waals surface area contributed by atoms with Crippen molar-refractivity contribution in [3.63, 3.8) is 0 Å². The standard InChI is InChI=1S/C19H16F3N3O5S/c1-9(30-18(29)14-5-6-16(31-14)23-10(2)26)17(28)25-8-15(27)24-12-7-11(19(20,21)22)3-4-13(12)25/h3-7,9H,8H2,1-2H3,(H,23,26)(H,24,27)/t9-/m1/s1. The molecule has 0 saturated heterocycles. The Kier molecular flexibility index (Phi) is 6.02. The molecule has 0 bridgehead atoms. The molecule has 2 aromatic rings. The fourth-order valence-corrected chi connectivity index (χ4v) is 3.68. The summed E-state index contributed by atoms with van der Waals surface area (Å²) in [6.45, 7) is 2.16. The van der Waals surface area contributed by atoms with Crippen molar-refractivity contribution in [3.05, 3.63) is 40.8 Å². The molecule has 0 unspecified atom stereocenters. The van der Waals surface area contributed by atoms with Crippen LogP contribution in [0.4, 0.5) is 29.5 Å². The Hall–Kier alpha value is -3.41. The van der Waals surface area contributed by atoms with E-state index in [1.807, 2.05) is 0 Å². The number of carbonyl (C=O) groups is 4. The number of rotatable bonds is 4. The van der Waals surface area contributed by atoms with Crippen molar-refractivity contribution in [2.75, 3.05) is 22.1 Å². The van der Waals surface area contributed by atoms with Crippen LogP contribution in [0.25, 0.3) is 0 Å². The molecule has 12 heteroatoms. The van der Waals surface area contributed by atoms with Gasteiger partial charge in [-0.15, -0.1) is 11.3 Å². The van der Waals surface area contributed by atoms with Gasteiger partial charge in [-0.2, -0.15) is 13.2 Å². The number of alkyl halides is 3. The molecular formula is C19H16F3N3O5S. The number of ether oxygens (including phenoxy) is 1. The maximum Gasteiger partial charge on any atom is 0.416 e. The molecule has 1 atom stereocenters. The molecule has 164 valence electrons. The highest BCUT2D eigenvalue weighted by Crippen LogP contribution is 2.37. The lowest BCUT2D eigenvalue weighted by atomic mass is 10.1. The summed E-state index contributed by atoms with van der Waals surface area (Å²) in [4.78, 5) is 49.2. The zero-order valence-electron chi connectivity index (χ0n) is 16.2. The van der Waals surface area contributed by atoms with Gasteiger partial charge >= 0.3 is 12.1 Å². The molecule has 0 saturated carbocycles. The Morgan fingerprint density at radius 1 is 1.23 bits per heavy atom. The molecule has 1 aliphatic heterocycles. The van der Waals surface area contributed by atoms with Gasteiger partial charge in [-0.1, -0.05) is 0 Å². The second-order valence-corrected chi connectivity index (χ2v) is 7.68. The van der Waals surface area contributed by atoms with Crippen molar-refractivity contribution >= 4 is 51.4 Å². The summed E-state index contributed by atoms with van der Waals surface area (Å²) in [5.41, 5.74) is -1.09. The van der Waals surface area contributed by atoms with Gasteiger partial charge in [0.2, 0.25) is 11.8 Å². The van der Waals surface area contributed by atoms with E-state index in [1.54, 1.807) is 0 Å². The van der Waals surface area contributed by atoms with E-state index in [9.17, 15) is 32.3 Å². The highest BCUT2D eigenvalue weighted by atomic mass is 32.1. The second-order valence-electron chi connectivity index (χ2n) is 6.59. The van der Waals surface area contributed by atoms with Crippen LogP contribution in [-0.4, -0.2) is 36.3 Å². The average Bonchev–Trinajstić information content (AvgIpc) is 3.13. The number of hydrogen-bond donors (Lipinski definition) is 2. The summed E-state index contributed by atoms with van der Waals surface area (Å²) < 4.78 is 44.0. The monoisotopic (exact) mass is 455 g/mol. The van der Waals surface area contributed by atoms with Crippen LogP contribution in [0.15, 0.2) is 30.3 Å². The lowest BCUT2D eigenvalue weighted by molar-refractivity contribution is -0.137. The quantitative estimate of drug-likeness (QED) is 0.689. The molecule has 3 rings (SSSR count). The summed E-state index contributed by atoms with van der Waals surface area (Å²) >= 11 is 0.949. The van der Waals surface area contributed by atoms with E-state index >= 15 is 0 Å². The Morgan fingerprint density at radius 2 is 1.94 bits per heavy atom. The first kappa shape index (κ1) is 22.3. The van der Waals surface area contributed by atoms with Crippen LogP contribution in [-0.2, 0) is 25.3 Å². The van der Waals surface area contributed by atoms with Crippen LogP contribution in [0.5, 0.6) is 0 Å². The fraction of sp³-hybridized carbons (Fsp3) is 0.263.